The average Bonchev–Trinajstić information content (AvgIpc) is 2.92. The monoisotopic (exact) mass is 582 g/mol. The second-order valence-corrected chi connectivity index (χ2v) is 10.6. The molecule has 2 aromatic carbocycles. The molecule has 0 spiro atoms. The molecule has 1 saturated heterocycles. The molecule has 2 aromatic heterocycles. The van der Waals surface area contributed by atoms with Gasteiger partial charge in [-0.05, 0) is 65.7 Å². The SMILES string of the molecule is CCOc1cc2nc(NC(C)C)nc(N3CCC(n4c(=O)c5cc(C)ccc5n(C)c4=O)CC3)c2cc1OCC.Cl. The minimum Gasteiger partial charge on any atom is -0.490 e. The van der Waals surface area contributed by atoms with Crippen LogP contribution < -0.4 is 30.9 Å². The molecule has 0 radical (unpaired) electrons. The maximum Gasteiger partial charge on any atom is 0.331 e. The van der Waals surface area contributed by atoms with E-state index >= 15 is 0 Å². The Hall–Kier alpha value is -3.79. The highest BCUT2D eigenvalue weighted by Gasteiger charge is 2.27. The van der Waals surface area contributed by atoms with E-state index < -0.39 is 0 Å². The van der Waals surface area contributed by atoms with Gasteiger partial charge < -0.3 is 19.7 Å². The molecule has 1 N–H and O–H groups in total. The highest BCUT2D eigenvalue weighted by Crippen LogP contribution is 2.37. The maximum atomic E-state index is 13.5. The van der Waals surface area contributed by atoms with E-state index in [-0.39, 0.29) is 35.7 Å². The van der Waals surface area contributed by atoms with Crippen LogP contribution in [0.5, 0.6) is 11.5 Å². The van der Waals surface area contributed by atoms with Crippen molar-refractivity contribution in [1.82, 2.24) is 19.1 Å². The van der Waals surface area contributed by atoms with Gasteiger partial charge in [0.1, 0.15) is 5.82 Å². The Bertz CT molecular complexity index is 1670. The topological polar surface area (TPSA) is 104 Å². The molecule has 1 fully saturated rings. The highest BCUT2D eigenvalue weighted by atomic mass is 35.5. The van der Waals surface area contributed by atoms with E-state index in [0.717, 1.165) is 22.3 Å². The molecular weight excluding hydrogens is 544 g/mol. The second kappa shape index (κ2) is 12.4. The summed E-state index contributed by atoms with van der Waals surface area (Å²) in [4.78, 5) is 38.7. The maximum absolute atomic E-state index is 13.5. The van der Waals surface area contributed by atoms with Gasteiger partial charge in [-0.2, -0.15) is 4.98 Å². The molecule has 41 heavy (non-hydrogen) atoms. The largest absolute Gasteiger partial charge is 0.490 e. The number of aryl methyl sites for hydroxylation is 2. The van der Waals surface area contributed by atoms with Crippen LogP contribution in [0.4, 0.5) is 11.8 Å². The standard InChI is InChI=1S/C30H38N6O4.ClH/c1-7-39-25-16-21-23(17-26(25)40-8-2)32-29(31-18(3)4)33-27(21)35-13-11-20(12-14-35)36-28(37)22-15-19(5)9-10-24(22)34(6)30(36)38;/h9-10,15-18,20H,7-8,11-14H2,1-6H3,(H,31,32,33);1H. The molecule has 1 aliphatic rings. The lowest BCUT2D eigenvalue weighted by atomic mass is 10.0. The summed E-state index contributed by atoms with van der Waals surface area (Å²) in [6.07, 6.45) is 1.28. The number of rotatable bonds is 8. The summed E-state index contributed by atoms with van der Waals surface area (Å²) in [6, 6.07) is 9.46. The van der Waals surface area contributed by atoms with Crippen LogP contribution in [-0.4, -0.2) is 51.4 Å². The molecule has 0 saturated carbocycles. The lowest BCUT2D eigenvalue weighted by Crippen LogP contribution is -2.45. The van der Waals surface area contributed by atoms with E-state index in [1.165, 1.54) is 4.57 Å². The Kier molecular flexibility index (Phi) is 9.11. The van der Waals surface area contributed by atoms with Crippen molar-refractivity contribution >= 4 is 46.0 Å². The molecule has 0 atom stereocenters. The summed E-state index contributed by atoms with van der Waals surface area (Å²) in [5.41, 5.74) is 1.91. The van der Waals surface area contributed by atoms with E-state index in [0.29, 0.717) is 67.5 Å². The smallest absolute Gasteiger partial charge is 0.331 e. The van der Waals surface area contributed by atoms with Crippen molar-refractivity contribution in [2.75, 3.05) is 36.5 Å². The van der Waals surface area contributed by atoms with E-state index in [1.54, 1.807) is 11.6 Å². The molecule has 0 aliphatic carbocycles. The Morgan fingerprint density at radius 2 is 1.63 bits per heavy atom. The Balaban J connectivity index is 0.00000387. The van der Waals surface area contributed by atoms with Crippen LogP contribution in [0.25, 0.3) is 21.8 Å². The van der Waals surface area contributed by atoms with Crippen LogP contribution in [0.15, 0.2) is 39.9 Å². The fourth-order valence-corrected chi connectivity index (χ4v) is 5.47. The first-order chi connectivity index (χ1) is 19.2. The number of ether oxygens (including phenoxy) is 2. The average molecular weight is 583 g/mol. The van der Waals surface area contributed by atoms with Gasteiger partial charge in [-0.1, -0.05) is 11.6 Å². The third-order valence-corrected chi connectivity index (χ3v) is 7.34. The Labute approximate surface area is 245 Å². The number of nitrogens with one attached hydrogen (secondary N) is 1. The third-order valence-electron chi connectivity index (χ3n) is 7.34. The second-order valence-electron chi connectivity index (χ2n) is 10.6. The van der Waals surface area contributed by atoms with E-state index in [1.807, 2.05) is 65.0 Å². The molecule has 3 heterocycles. The fourth-order valence-electron chi connectivity index (χ4n) is 5.47. The van der Waals surface area contributed by atoms with Crippen LogP contribution in [0.2, 0.25) is 0 Å². The van der Waals surface area contributed by atoms with Crippen LogP contribution in [0, 0.1) is 6.92 Å². The Morgan fingerprint density at radius 3 is 2.27 bits per heavy atom. The molecule has 0 amide bonds. The van der Waals surface area contributed by atoms with Crippen LogP contribution in [0.3, 0.4) is 0 Å². The lowest BCUT2D eigenvalue weighted by Gasteiger charge is -2.34. The van der Waals surface area contributed by atoms with E-state index in [2.05, 4.69) is 10.2 Å². The molecule has 10 nitrogen and oxygen atoms in total. The summed E-state index contributed by atoms with van der Waals surface area (Å²) in [7, 11) is 1.73. The zero-order chi connectivity index (χ0) is 28.6. The predicted molar refractivity (Wildman–Crippen MR) is 167 cm³/mol. The molecule has 0 unspecified atom stereocenters. The highest BCUT2D eigenvalue weighted by molar-refractivity contribution is 5.93. The van der Waals surface area contributed by atoms with Gasteiger partial charge in [0.05, 0.1) is 29.6 Å². The number of fused-ring (bicyclic) bond motifs is 2. The van der Waals surface area contributed by atoms with Crippen molar-refractivity contribution in [2.24, 2.45) is 7.05 Å². The van der Waals surface area contributed by atoms with Gasteiger partial charge in [0.15, 0.2) is 11.5 Å². The summed E-state index contributed by atoms with van der Waals surface area (Å²) >= 11 is 0. The van der Waals surface area contributed by atoms with Gasteiger partial charge in [-0.25, -0.2) is 9.78 Å². The van der Waals surface area contributed by atoms with Crippen molar-refractivity contribution in [3.8, 4) is 11.5 Å². The summed E-state index contributed by atoms with van der Waals surface area (Å²) < 4.78 is 14.8. The molecule has 220 valence electrons. The van der Waals surface area contributed by atoms with Crippen LogP contribution in [-0.2, 0) is 7.05 Å². The predicted octanol–water partition coefficient (Wildman–Crippen LogP) is 4.83. The van der Waals surface area contributed by atoms with E-state index in [4.69, 9.17) is 19.4 Å². The number of piperidine rings is 1. The van der Waals surface area contributed by atoms with Crippen molar-refractivity contribution in [3.05, 3.63) is 56.7 Å². The van der Waals surface area contributed by atoms with Gasteiger partial charge in [0, 0.05) is 43.7 Å². The fraction of sp³-hybridized carbons (Fsp3) is 0.467. The summed E-state index contributed by atoms with van der Waals surface area (Å²) in [6.45, 7) is 12.2. The van der Waals surface area contributed by atoms with Crippen molar-refractivity contribution in [2.45, 2.75) is 59.5 Å². The van der Waals surface area contributed by atoms with Gasteiger partial charge >= 0.3 is 5.69 Å². The van der Waals surface area contributed by atoms with Crippen molar-refractivity contribution in [3.63, 3.8) is 0 Å². The normalized spacial score (nSPS) is 14.0. The molecule has 0 bridgehead atoms. The van der Waals surface area contributed by atoms with Crippen LogP contribution >= 0.6 is 12.4 Å². The molecular formula is C30H39ClN6O4. The molecule has 4 aromatic rings. The summed E-state index contributed by atoms with van der Waals surface area (Å²) in [5.74, 6) is 2.64. The van der Waals surface area contributed by atoms with Crippen molar-refractivity contribution < 1.29 is 9.47 Å². The number of anilines is 2. The number of nitrogens with zero attached hydrogens (tertiary/aromatic N) is 5. The minimum absolute atomic E-state index is 0. The van der Waals surface area contributed by atoms with Gasteiger partial charge in [-0.15, -0.1) is 12.4 Å². The van der Waals surface area contributed by atoms with Gasteiger partial charge in [0.2, 0.25) is 5.95 Å². The van der Waals surface area contributed by atoms with Crippen molar-refractivity contribution in [1.29, 1.82) is 0 Å². The van der Waals surface area contributed by atoms with Crippen LogP contribution in [0.1, 0.15) is 52.1 Å². The lowest BCUT2D eigenvalue weighted by molar-refractivity contribution is 0.288. The minimum atomic E-state index is -0.277. The van der Waals surface area contributed by atoms with Gasteiger partial charge in [-0.3, -0.25) is 13.9 Å². The van der Waals surface area contributed by atoms with Gasteiger partial charge in [0.25, 0.3) is 5.56 Å². The first-order valence-corrected chi connectivity index (χ1v) is 14.1. The zero-order valence-corrected chi connectivity index (χ0v) is 25.4. The zero-order valence-electron chi connectivity index (χ0n) is 24.6. The first-order valence-electron chi connectivity index (χ1n) is 14.1. The quantitative estimate of drug-likeness (QED) is 0.315. The number of halogens is 1. The molecule has 5 rings (SSSR count). The Morgan fingerprint density at radius 1 is 0.976 bits per heavy atom. The first kappa shape index (κ1) is 30.2. The van der Waals surface area contributed by atoms with E-state index in [9.17, 15) is 9.59 Å². The molecule has 1 aliphatic heterocycles. The number of aromatic nitrogens is 4. The summed E-state index contributed by atoms with van der Waals surface area (Å²) in [5, 5.41) is 4.78. The number of hydrogen-bond donors (Lipinski definition) is 1. The third kappa shape index (κ3) is 5.84. The molecule has 11 heteroatoms. The number of benzene rings is 2. The number of hydrogen-bond acceptors (Lipinski definition) is 8.